The molecule has 1 atom stereocenters. The van der Waals surface area contributed by atoms with E-state index in [1.165, 1.54) is 12.1 Å². The van der Waals surface area contributed by atoms with E-state index in [1.807, 2.05) is 11.6 Å². The molecule has 2 N–H and O–H groups in total. The van der Waals surface area contributed by atoms with Crippen LogP contribution in [0.15, 0.2) is 30.7 Å². The van der Waals surface area contributed by atoms with E-state index in [4.69, 9.17) is 17.3 Å². The van der Waals surface area contributed by atoms with Crippen molar-refractivity contribution >= 4 is 11.6 Å². The molecule has 0 amide bonds. The summed E-state index contributed by atoms with van der Waals surface area (Å²) < 4.78 is 14.8. The van der Waals surface area contributed by atoms with Gasteiger partial charge in [-0.05, 0) is 24.1 Å². The van der Waals surface area contributed by atoms with Gasteiger partial charge in [0.05, 0.1) is 18.1 Å². The summed E-state index contributed by atoms with van der Waals surface area (Å²) in [5, 5.41) is 0.405. The molecule has 0 aliphatic rings. The van der Waals surface area contributed by atoms with Gasteiger partial charge in [-0.2, -0.15) is 0 Å². The Balaban J connectivity index is 2.19. The third-order valence-corrected chi connectivity index (χ3v) is 3.04. The molecule has 1 heterocycles. The van der Waals surface area contributed by atoms with Crippen molar-refractivity contribution in [3.05, 3.63) is 52.8 Å². The molecular weight excluding hydrogens is 241 g/mol. The van der Waals surface area contributed by atoms with Crippen LogP contribution in [0.2, 0.25) is 5.02 Å². The van der Waals surface area contributed by atoms with E-state index < -0.39 is 0 Å². The smallest absolute Gasteiger partial charge is 0.124 e. The van der Waals surface area contributed by atoms with Gasteiger partial charge in [0.15, 0.2) is 0 Å². The summed E-state index contributed by atoms with van der Waals surface area (Å²) in [6.45, 7) is 0. The normalized spacial score (nSPS) is 12.7. The first kappa shape index (κ1) is 12.1. The Hall–Kier alpha value is -1.39. The average molecular weight is 254 g/mol. The first-order valence-electron chi connectivity index (χ1n) is 5.23. The Bertz CT molecular complexity index is 524. The Kier molecular flexibility index (Phi) is 3.45. The molecule has 0 fully saturated rings. The van der Waals surface area contributed by atoms with Crippen LogP contribution >= 0.6 is 11.6 Å². The zero-order valence-electron chi connectivity index (χ0n) is 9.40. The van der Waals surface area contributed by atoms with Gasteiger partial charge in [-0.25, -0.2) is 9.37 Å². The number of imidazole rings is 1. The van der Waals surface area contributed by atoms with Crippen molar-refractivity contribution < 1.29 is 4.39 Å². The van der Waals surface area contributed by atoms with Gasteiger partial charge < -0.3 is 10.3 Å². The molecule has 5 heteroatoms. The number of nitrogens with zero attached hydrogens (tertiary/aromatic N) is 2. The van der Waals surface area contributed by atoms with Gasteiger partial charge in [0, 0.05) is 18.3 Å². The van der Waals surface area contributed by atoms with Gasteiger partial charge in [0.25, 0.3) is 0 Å². The van der Waals surface area contributed by atoms with Gasteiger partial charge in [0.2, 0.25) is 0 Å². The lowest BCUT2D eigenvalue weighted by molar-refractivity contribution is 0.623. The second-order valence-corrected chi connectivity index (χ2v) is 4.38. The minimum Gasteiger partial charge on any atom is -0.336 e. The lowest BCUT2D eigenvalue weighted by Gasteiger charge is -2.13. The summed E-state index contributed by atoms with van der Waals surface area (Å²) in [7, 11) is 1.88. The van der Waals surface area contributed by atoms with Gasteiger partial charge in [-0.15, -0.1) is 0 Å². The highest BCUT2D eigenvalue weighted by atomic mass is 35.5. The summed E-state index contributed by atoms with van der Waals surface area (Å²) in [4.78, 5) is 4.01. The molecule has 3 nitrogen and oxygen atoms in total. The minimum absolute atomic E-state index is 0.203. The first-order valence-corrected chi connectivity index (χ1v) is 5.61. The van der Waals surface area contributed by atoms with Gasteiger partial charge >= 0.3 is 0 Å². The molecule has 1 unspecified atom stereocenters. The van der Waals surface area contributed by atoms with Crippen molar-refractivity contribution in [2.24, 2.45) is 12.8 Å². The van der Waals surface area contributed by atoms with E-state index >= 15 is 0 Å². The summed E-state index contributed by atoms with van der Waals surface area (Å²) in [5.74, 6) is -0.340. The molecule has 2 aromatic rings. The van der Waals surface area contributed by atoms with Crippen molar-refractivity contribution in [1.29, 1.82) is 0 Å². The number of hydrogen-bond donors (Lipinski definition) is 1. The maximum absolute atomic E-state index is 12.9. The van der Waals surface area contributed by atoms with Crippen LogP contribution in [-0.2, 0) is 13.5 Å². The molecule has 90 valence electrons. The van der Waals surface area contributed by atoms with E-state index in [0.29, 0.717) is 11.4 Å². The van der Waals surface area contributed by atoms with Crippen LogP contribution in [-0.4, -0.2) is 9.55 Å². The quantitative estimate of drug-likeness (QED) is 0.913. The van der Waals surface area contributed by atoms with Crippen molar-refractivity contribution in [3.63, 3.8) is 0 Å². The minimum atomic E-state index is -0.340. The second kappa shape index (κ2) is 4.85. The van der Waals surface area contributed by atoms with E-state index in [2.05, 4.69) is 4.98 Å². The molecule has 17 heavy (non-hydrogen) atoms. The highest BCUT2D eigenvalue weighted by Crippen LogP contribution is 2.22. The van der Waals surface area contributed by atoms with Gasteiger partial charge in [-0.1, -0.05) is 17.7 Å². The standard InChI is InChI=1S/C12H13ClFN3/c1-17-7-16-6-12(17)11(15)4-8-2-3-9(14)5-10(8)13/h2-3,5-7,11H,4,15H2,1H3. The van der Waals surface area contributed by atoms with Gasteiger partial charge in [0.1, 0.15) is 5.82 Å². The number of benzene rings is 1. The number of aryl methyl sites for hydroxylation is 1. The fourth-order valence-corrected chi connectivity index (χ4v) is 2.00. The maximum Gasteiger partial charge on any atom is 0.124 e. The highest BCUT2D eigenvalue weighted by molar-refractivity contribution is 6.31. The number of rotatable bonds is 3. The maximum atomic E-state index is 12.9. The predicted octanol–water partition coefficient (Wildman–Crippen LogP) is 2.46. The molecule has 0 aliphatic carbocycles. The zero-order valence-corrected chi connectivity index (χ0v) is 10.2. The van der Waals surface area contributed by atoms with E-state index in [1.54, 1.807) is 18.6 Å². The number of aromatic nitrogens is 2. The Morgan fingerprint density at radius 2 is 2.29 bits per heavy atom. The largest absolute Gasteiger partial charge is 0.336 e. The third-order valence-electron chi connectivity index (χ3n) is 2.69. The molecule has 1 aromatic carbocycles. The summed E-state index contributed by atoms with van der Waals surface area (Å²) >= 11 is 5.96. The van der Waals surface area contributed by atoms with Crippen LogP contribution in [0.4, 0.5) is 4.39 Å². The predicted molar refractivity (Wildman–Crippen MR) is 65.3 cm³/mol. The van der Waals surface area contributed by atoms with Crippen LogP contribution < -0.4 is 5.73 Å². The number of nitrogens with two attached hydrogens (primary N) is 1. The number of hydrogen-bond acceptors (Lipinski definition) is 2. The van der Waals surface area contributed by atoms with Crippen LogP contribution in [0.3, 0.4) is 0 Å². The molecule has 0 spiro atoms. The monoisotopic (exact) mass is 253 g/mol. The van der Waals surface area contributed by atoms with E-state index in [-0.39, 0.29) is 11.9 Å². The van der Waals surface area contributed by atoms with E-state index in [0.717, 1.165) is 11.3 Å². The Morgan fingerprint density at radius 1 is 1.53 bits per heavy atom. The topological polar surface area (TPSA) is 43.8 Å². The molecule has 2 rings (SSSR count). The molecule has 0 radical (unpaired) electrons. The SMILES string of the molecule is Cn1cncc1C(N)Cc1ccc(F)cc1Cl. The molecule has 0 aliphatic heterocycles. The van der Waals surface area contributed by atoms with Crippen molar-refractivity contribution in [2.45, 2.75) is 12.5 Å². The average Bonchev–Trinajstić information content (AvgIpc) is 2.68. The van der Waals surface area contributed by atoms with Crippen LogP contribution in [0, 0.1) is 5.82 Å². The van der Waals surface area contributed by atoms with Gasteiger partial charge in [-0.3, -0.25) is 0 Å². The fourth-order valence-electron chi connectivity index (χ4n) is 1.75. The highest BCUT2D eigenvalue weighted by Gasteiger charge is 2.12. The Morgan fingerprint density at radius 3 is 2.88 bits per heavy atom. The summed E-state index contributed by atoms with van der Waals surface area (Å²) in [5.41, 5.74) is 7.82. The molecule has 0 saturated carbocycles. The lowest BCUT2D eigenvalue weighted by Crippen LogP contribution is -2.16. The van der Waals surface area contributed by atoms with Crippen LogP contribution in [0.1, 0.15) is 17.3 Å². The number of halogens is 2. The summed E-state index contributed by atoms with van der Waals surface area (Å²) in [6, 6.07) is 4.14. The fraction of sp³-hybridized carbons (Fsp3) is 0.250. The lowest BCUT2D eigenvalue weighted by atomic mass is 10.0. The van der Waals surface area contributed by atoms with Crippen molar-refractivity contribution in [3.8, 4) is 0 Å². The first-order chi connectivity index (χ1) is 8.08. The molecule has 0 saturated heterocycles. The molecule has 0 bridgehead atoms. The summed E-state index contributed by atoms with van der Waals surface area (Å²) in [6.07, 6.45) is 3.97. The van der Waals surface area contributed by atoms with Crippen LogP contribution in [0.25, 0.3) is 0 Å². The van der Waals surface area contributed by atoms with E-state index in [9.17, 15) is 4.39 Å². The zero-order chi connectivity index (χ0) is 12.4. The third kappa shape index (κ3) is 2.65. The second-order valence-electron chi connectivity index (χ2n) is 3.98. The molecular formula is C12H13ClFN3. The van der Waals surface area contributed by atoms with Crippen molar-refractivity contribution in [2.75, 3.05) is 0 Å². The molecule has 1 aromatic heterocycles. The van der Waals surface area contributed by atoms with Crippen molar-refractivity contribution in [1.82, 2.24) is 9.55 Å². The van der Waals surface area contributed by atoms with Crippen LogP contribution in [0.5, 0.6) is 0 Å². The Labute approximate surface area is 104 Å².